The Kier molecular flexibility index (Phi) is 5.04. The van der Waals surface area contributed by atoms with Crippen LogP contribution < -0.4 is 9.75 Å². The summed E-state index contributed by atoms with van der Waals surface area (Å²) in [7, 11) is 0. The van der Waals surface area contributed by atoms with Crippen molar-refractivity contribution in [2.24, 2.45) is 5.10 Å². The Hall–Kier alpha value is -2.69. The third-order valence-electron chi connectivity index (χ3n) is 2.73. The van der Waals surface area contributed by atoms with Crippen molar-refractivity contribution in [3.8, 4) is 5.75 Å². The molecule has 0 N–H and O–H groups in total. The first-order chi connectivity index (χ1) is 10.3. The Morgan fingerprint density at radius 3 is 2.67 bits per heavy atom. The highest BCUT2D eigenvalue weighted by Crippen LogP contribution is 2.23. The van der Waals surface area contributed by atoms with E-state index in [4.69, 9.17) is 4.74 Å². The molecule has 0 aromatic heterocycles. The lowest BCUT2D eigenvalue weighted by Gasteiger charge is -2.17. The van der Waals surface area contributed by atoms with Crippen LogP contribution in [0.15, 0.2) is 59.7 Å². The van der Waals surface area contributed by atoms with Gasteiger partial charge >= 0.3 is 0 Å². The second-order valence-electron chi connectivity index (χ2n) is 4.11. The smallest absolute Gasteiger partial charge is 0.278 e. The van der Waals surface area contributed by atoms with Gasteiger partial charge in [-0.2, -0.15) is 10.1 Å². The fourth-order valence-corrected chi connectivity index (χ4v) is 1.82. The minimum absolute atomic E-state index is 0.272. The minimum Gasteiger partial charge on any atom is -0.463 e. The van der Waals surface area contributed by atoms with Gasteiger partial charge in [0.1, 0.15) is 5.75 Å². The Morgan fingerprint density at radius 2 is 2.00 bits per heavy atom. The van der Waals surface area contributed by atoms with Gasteiger partial charge in [-0.05, 0) is 31.2 Å². The van der Waals surface area contributed by atoms with Crippen molar-refractivity contribution in [1.82, 2.24) is 0 Å². The van der Waals surface area contributed by atoms with E-state index >= 15 is 0 Å². The topological polar surface area (TPSA) is 41.9 Å². The number of hydrazone groups is 1. The molecule has 0 heterocycles. The van der Waals surface area contributed by atoms with E-state index in [-0.39, 0.29) is 5.91 Å². The number of amides is 1. The monoisotopic (exact) mass is 286 g/mol. The molecule has 0 spiro atoms. The van der Waals surface area contributed by atoms with E-state index in [1.165, 1.54) is 11.2 Å². The average Bonchev–Trinajstić information content (AvgIpc) is 2.53. The summed E-state index contributed by atoms with van der Waals surface area (Å²) in [6.45, 7) is 0.792. The second-order valence-corrected chi connectivity index (χ2v) is 4.11. The molecular weight excluding hydrogens is 271 g/mol. The second kappa shape index (κ2) is 7.19. The summed E-state index contributed by atoms with van der Waals surface area (Å²) in [6.07, 6.45) is 1.52. The number of anilines is 1. The molecule has 2 aromatic rings. The first-order valence-corrected chi connectivity index (χ1v) is 6.43. The molecule has 0 unspecified atom stereocenters. The molecule has 5 heteroatoms. The van der Waals surface area contributed by atoms with Crippen LogP contribution in [0.4, 0.5) is 10.1 Å². The van der Waals surface area contributed by atoms with Crippen LogP contribution in [0.1, 0.15) is 17.3 Å². The number of hydrogen-bond acceptors (Lipinski definition) is 3. The number of benzene rings is 2. The Labute approximate surface area is 122 Å². The van der Waals surface area contributed by atoms with Crippen LogP contribution in [-0.4, -0.2) is 19.0 Å². The highest BCUT2D eigenvalue weighted by molar-refractivity contribution is 6.06. The maximum absolute atomic E-state index is 12.5. The van der Waals surface area contributed by atoms with Gasteiger partial charge < -0.3 is 4.74 Å². The highest BCUT2D eigenvalue weighted by atomic mass is 19.1. The Morgan fingerprint density at radius 1 is 1.24 bits per heavy atom. The summed E-state index contributed by atoms with van der Waals surface area (Å²) in [6, 6.07) is 15.4. The van der Waals surface area contributed by atoms with Gasteiger partial charge in [0.15, 0.2) is 0 Å². The van der Waals surface area contributed by atoms with Gasteiger partial charge in [0.25, 0.3) is 5.91 Å². The molecule has 0 aliphatic carbocycles. The first-order valence-electron chi connectivity index (χ1n) is 6.43. The number of alkyl halides is 1. The maximum atomic E-state index is 12.5. The molecule has 2 aromatic carbocycles. The van der Waals surface area contributed by atoms with Crippen molar-refractivity contribution in [3.63, 3.8) is 0 Å². The normalized spacial score (nSPS) is 10.6. The zero-order valence-corrected chi connectivity index (χ0v) is 11.6. The van der Waals surface area contributed by atoms with Gasteiger partial charge in [-0.15, -0.1) is 0 Å². The van der Waals surface area contributed by atoms with E-state index in [9.17, 15) is 9.18 Å². The quantitative estimate of drug-likeness (QED) is 0.622. The molecule has 1 amide bonds. The van der Waals surface area contributed by atoms with Gasteiger partial charge in [0.2, 0.25) is 6.86 Å². The van der Waals surface area contributed by atoms with Crippen LogP contribution in [0.25, 0.3) is 0 Å². The van der Waals surface area contributed by atoms with Crippen molar-refractivity contribution in [2.45, 2.75) is 6.92 Å². The van der Waals surface area contributed by atoms with Crippen molar-refractivity contribution in [2.75, 3.05) is 11.9 Å². The number of hydrogen-bond donors (Lipinski definition) is 0. The van der Waals surface area contributed by atoms with Crippen LogP contribution >= 0.6 is 0 Å². The number of nitrogens with zero attached hydrogens (tertiary/aromatic N) is 2. The molecule has 0 radical (unpaired) electrons. The van der Waals surface area contributed by atoms with E-state index < -0.39 is 6.86 Å². The summed E-state index contributed by atoms with van der Waals surface area (Å²) in [5, 5.41) is 5.33. The van der Waals surface area contributed by atoms with Crippen molar-refractivity contribution in [1.29, 1.82) is 0 Å². The number of ether oxygens (including phenoxy) is 1. The summed E-state index contributed by atoms with van der Waals surface area (Å²) in [5.41, 5.74) is 1.02. The third-order valence-corrected chi connectivity index (χ3v) is 2.73. The molecule has 0 aliphatic rings. The van der Waals surface area contributed by atoms with Gasteiger partial charge in [-0.3, -0.25) is 4.79 Å². The zero-order chi connectivity index (χ0) is 15.1. The van der Waals surface area contributed by atoms with Gasteiger partial charge in [0.05, 0.1) is 5.69 Å². The highest BCUT2D eigenvalue weighted by Gasteiger charge is 2.17. The van der Waals surface area contributed by atoms with Crippen LogP contribution in [0.2, 0.25) is 0 Å². The molecular formula is C16H15FN2O2. The molecule has 0 atom stereocenters. The lowest BCUT2D eigenvalue weighted by atomic mass is 10.2. The number of carbonyl (C=O) groups is 1. The maximum Gasteiger partial charge on any atom is 0.278 e. The Bertz CT molecular complexity index is 629. The summed E-state index contributed by atoms with van der Waals surface area (Å²) in [4.78, 5) is 12.5. The largest absolute Gasteiger partial charge is 0.463 e. The average molecular weight is 286 g/mol. The third kappa shape index (κ3) is 3.66. The predicted molar refractivity (Wildman–Crippen MR) is 80.5 cm³/mol. The molecule has 108 valence electrons. The van der Waals surface area contributed by atoms with E-state index in [2.05, 4.69) is 5.10 Å². The number of carbonyl (C=O) groups excluding carboxylic acids is 1. The lowest BCUT2D eigenvalue weighted by Crippen LogP contribution is -2.25. The molecule has 2 rings (SSSR count). The fraction of sp³-hybridized carbons (Fsp3) is 0.125. The number of halogens is 1. The van der Waals surface area contributed by atoms with Crippen LogP contribution in [0, 0.1) is 0 Å². The Balaban J connectivity index is 2.35. The summed E-state index contributed by atoms with van der Waals surface area (Å²) < 4.78 is 17.1. The van der Waals surface area contributed by atoms with E-state index in [1.807, 2.05) is 6.07 Å². The van der Waals surface area contributed by atoms with E-state index in [0.717, 1.165) is 0 Å². The zero-order valence-electron chi connectivity index (χ0n) is 11.6. The van der Waals surface area contributed by atoms with E-state index in [0.29, 0.717) is 17.0 Å². The summed E-state index contributed by atoms with van der Waals surface area (Å²) >= 11 is 0. The minimum atomic E-state index is -0.923. The van der Waals surface area contributed by atoms with Crippen LogP contribution in [-0.2, 0) is 0 Å². The molecule has 0 fully saturated rings. The van der Waals surface area contributed by atoms with Crippen molar-refractivity contribution < 1.29 is 13.9 Å². The van der Waals surface area contributed by atoms with Crippen molar-refractivity contribution >= 4 is 17.8 Å². The SMILES string of the molecule is CC=NN(C(=O)c1ccccc1)c1cccc(OCF)c1. The van der Waals surface area contributed by atoms with Crippen LogP contribution in [0.3, 0.4) is 0 Å². The fourth-order valence-electron chi connectivity index (χ4n) is 1.82. The molecule has 4 nitrogen and oxygen atoms in total. The number of rotatable bonds is 5. The van der Waals surface area contributed by atoms with Crippen LogP contribution in [0.5, 0.6) is 5.75 Å². The standard InChI is InChI=1S/C16H15FN2O2/c1-2-18-19(16(20)13-7-4-3-5-8-13)14-9-6-10-15(11-14)21-12-17/h2-11H,12H2,1H3. The lowest BCUT2D eigenvalue weighted by molar-refractivity contribution is 0.0988. The molecule has 0 bridgehead atoms. The predicted octanol–water partition coefficient (Wildman–Crippen LogP) is 3.64. The first kappa shape index (κ1) is 14.7. The summed E-state index contributed by atoms with van der Waals surface area (Å²) in [5.74, 6) is 0.0678. The molecule has 21 heavy (non-hydrogen) atoms. The van der Waals surface area contributed by atoms with Gasteiger partial charge in [-0.1, -0.05) is 24.3 Å². The molecule has 0 saturated carbocycles. The van der Waals surface area contributed by atoms with E-state index in [1.54, 1.807) is 55.5 Å². The van der Waals surface area contributed by atoms with Crippen molar-refractivity contribution in [3.05, 3.63) is 60.2 Å². The van der Waals surface area contributed by atoms with Gasteiger partial charge in [0, 0.05) is 17.8 Å². The van der Waals surface area contributed by atoms with Gasteiger partial charge in [-0.25, -0.2) is 4.39 Å². The molecule has 0 saturated heterocycles. The molecule has 0 aliphatic heterocycles.